The van der Waals surface area contributed by atoms with Crippen molar-refractivity contribution in [1.29, 1.82) is 0 Å². The van der Waals surface area contributed by atoms with Gasteiger partial charge in [-0.25, -0.2) is 4.79 Å². The Kier molecular flexibility index (Phi) is 5.42. The van der Waals surface area contributed by atoms with Crippen LogP contribution >= 0.6 is 23.1 Å². The predicted molar refractivity (Wildman–Crippen MR) is 92.6 cm³/mol. The molecule has 0 aliphatic rings. The van der Waals surface area contributed by atoms with E-state index in [0.29, 0.717) is 5.13 Å². The number of thioether (sulfide) groups is 1. The first-order chi connectivity index (χ1) is 10.3. The lowest BCUT2D eigenvalue weighted by atomic mass is 10.1. The molecular weight excluding hydrogens is 316 g/mol. The Morgan fingerprint density at radius 3 is 2.55 bits per heavy atom. The summed E-state index contributed by atoms with van der Waals surface area (Å²) in [5, 5.41) is 14.1. The van der Waals surface area contributed by atoms with Crippen molar-refractivity contribution >= 4 is 34.3 Å². The molecule has 0 saturated heterocycles. The van der Waals surface area contributed by atoms with E-state index in [2.05, 4.69) is 52.0 Å². The molecule has 0 fully saturated rings. The van der Waals surface area contributed by atoms with Crippen molar-refractivity contribution in [2.45, 2.75) is 43.3 Å². The van der Waals surface area contributed by atoms with Gasteiger partial charge in [0.2, 0.25) is 5.13 Å². The molecule has 0 saturated carbocycles. The van der Waals surface area contributed by atoms with Crippen molar-refractivity contribution in [3.8, 4) is 0 Å². The molecule has 0 aliphatic heterocycles. The summed E-state index contributed by atoms with van der Waals surface area (Å²) >= 11 is 2.99. The van der Waals surface area contributed by atoms with Gasteiger partial charge in [0, 0.05) is 11.3 Å². The van der Waals surface area contributed by atoms with E-state index in [1.54, 1.807) is 11.8 Å². The number of hydrogen-bond acceptors (Lipinski definition) is 5. The van der Waals surface area contributed by atoms with Gasteiger partial charge >= 0.3 is 6.03 Å². The van der Waals surface area contributed by atoms with Gasteiger partial charge in [-0.15, -0.1) is 10.2 Å². The van der Waals surface area contributed by atoms with Crippen LogP contribution in [0.25, 0.3) is 0 Å². The van der Waals surface area contributed by atoms with Crippen LogP contribution in [0, 0.1) is 6.92 Å². The Morgan fingerprint density at radius 1 is 1.23 bits per heavy atom. The quantitative estimate of drug-likeness (QED) is 0.653. The molecule has 0 bridgehead atoms. The lowest BCUT2D eigenvalue weighted by Crippen LogP contribution is -2.43. The maximum absolute atomic E-state index is 11.8. The first-order valence-electron chi connectivity index (χ1n) is 6.93. The van der Waals surface area contributed by atoms with Gasteiger partial charge in [0.1, 0.15) is 0 Å². The van der Waals surface area contributed by atoms with Gasteiger partial charge in [-0.05, 0) is 33.3 Å². The second kappa shape index (κ2) is 7.11. The lowest BCUT2D eigenvalue weighted by molar-refractivity contribution is 0.244. The molecule has 22 heavy (non-hydrogen) atoms. The number of hydrogen-bond donors (Lipinski definition) is 2. The number of aromatic nitrogens is 2. The first kappa shape index (κ1) is 16.8. The summed E-state index contributed by atoms with van der Waals surface area (Å²) < 4.78 is 0.839. The van der Waals surface area contributed by atoms with E-state index >= 15 is 0 Å². The SMILES string of the molecule is Cc1ccc(CSc2nnc(NC(=O)NC(C)(C)C)s2)cc1. The van der Waals surface area contributed by atoms with Gasteiger partial charge < -0.3 is 5.32 Å². The zero-order valence-corrected chi connectivity index (χ0v) is 14.8. The van der Waals surface area contributed by atoms with Gasteiger partial charge in [0.05, 0.1) is 0 Å². The van der Waals surface area contributed by atoms with E-state index < -0.39 is 0 Å². The van der Waals surface area contributed by atoms with Crippen molar-refractivity contribution < 1.29 is 4.79 Å². The Hall–Kier alpha value is -1.60. The number of urea groups is 1. The second-order valence-corrected chi connectivity index (χ2v) is 8.18. The Balaban J connectivity index is 1.86. The summed E-state index contributed by atoms with van der Waals surface area (Å²) in [7, 11) is 0. The van der Waals surface area contributed by atoms with Crippen LogP contribution in [-0.4, -0.2) is 21.8 Å². The molecule has 5 nitrogen and oxygen atoms in total. The Morgan fingerprint density at radius 2 is 1.91 bits per heavy atom. The summed E-state index contributed by atoms with van der Waals surface area (Å²) in [5.74, 6) is 0.836. The van der Waals surface area contributed by atoms with E-state index in [1.165, 1.54) is 22.5 Å². The highest BCUT2D eigenvalue weighted by atomic mass is 32.2. The molecule has 0 aliphatic carbocycles. The van der Waals surface area contributed by atoms with Crippen LogP contribution in [0.15, 0.2) is 28.6 Å². The van der Waals surface area contributed by atoms with Crippen LogP contribution in [0.5, 0.6) is 0 Å². The lowest BCUT2D eigenvalue weighted by Gasteiger charge is -2.19. The van der Waals surface area contributed by atoms with Crippen LogP contribution in [0.4, 0.5) is 9.93 Å². The minimum absolute atomic E-state index is 0.265. The Labute approximate surface area is 138 Å². The van der Waals surface area contributed by atoms with Gasteiger partial charge in [0.25, 0.3) is 0 Å². The molecule has 0 radical (unpaired) electrons. The zero-order valence-electron chi connectivity index (χ0n) is 13.1. The predicted octanol–water partition coefficient (Wildman–Crippen LogP) is 4.06. The van der Waals surface area contributed by atoms with Gasteiger partial charge in [-0.2, -0.15) is 0 Å². The minimum atomic E-state index is -0.280. The van der Waals surface area contributed by atoms with Crippen LogP contribution in [0.1, 0.15) is 31.9 Å². The van der Waals surface area contributed by atoms with Crippen molar-refractivity contribution in [3.63, 3.8) is 0 Å². The molecule has 2 aromatic rings. The number of anilines is 1. The highest BCUT2D eigenvalue weighted by molar-refractivity contribution is 8.00. The molecule has 1 aromatic heterocycles. The molecule has 2 rings (SSSR count). The van der Waals surface area contributed by atoms with Crippen molar-refractivity contribution in [2.75, 3.05) is 5.32 Å². The summed E-state index contributed by atoms with van der Waals surface area (Å²) in [6.07, 6.45) is 0. The fourth-order valence-corrected chi connectivity index (χ4v) is 3.32. The largest absolute Gasteiger partial charge is 0.333 e. The molecule has 7 heteroatoms. The van der Waals surface area contributed by atoms with Crippen LogP contribution in [0.2, 0.25) is 0 Å². The summed E-state index contributed by atoms with van der Waals surface area (Å²) in [5.41, 5.74) is 2.21. The smallest absolute Gasteiger partial charge is 0.321 e. The molecule has 1 heterocycles. The van der Waals surface area contributed by atoms with Gasteiger partial charge in [-0.1, -0.05) is 52.9 Å². The first-order valence-corrected chi connectivity index (χ1v) is 8.73. The van der Waals surface area contributed by atoms with Crippen LogP contribution < -0.4 is 10.6 Å². The van der Waals surface area contributed by atoms with Crippen molar-refractivity contribution in [1.82, 2.24) is 15.5 Å². The van der Waals surface area contributed by atoms with E-state index in [-0.39, 0.29) is 11.6 Å². The van der Waals surface area contributed by atoms with E-state index in [0.717, 1.165) is 10.1 Å². The number of rotatable bonds is 4. The fourth-order valence-electron chi connectivity index (χ4n) is 1.62. The number of nitrogens with one attached hydrogen (secondary N) is 2. The maximum atomic E-state index is 11.8. The van der Waals surface area contributed by atoms with E-state index in [9.17, 15) is 4.79 Å². The van der Waals surface area contributed by atoms with Gasteiger partial charge in [0.15, 0.2) is 4.34 Å². The standard InChI is InChI=1S/C15H20N4OS2/c1-10-5-7-11(8-6-10)9-21-14-19-18-13(22-14)16-12(20)17-15(2,3)4/h5-8H,9H2,1-4H3,(H2,16,17,18,20). The molecular formula is C15H20N4OS2. The number of nitrogens with zero attached hydrogens (tertiary/aromatic N) is 2. The third kappa shape index (κ3) is 5.65. The molecule has 2 amide bonds. The highest BCUT2D eigenvalue weighted by Crippen LogP contribution is 2.28. The molecule has 0 unspecified atom stereocenters. The number of carbonyl (C=O) groups is 1. The second-order valence-electron chi connectivity index (χ2n) is 5.98. The average molecular weight is 336 g/mol. The average Bonchev–Trinajstić information content (AvgIpc) is 2.83. The molecule has 2 N–H and O–H groups in total. The van der Waals surface area contributed by atoms with Crippen molar-refractivity contribution in [3.05, 3.63) is 35.4 Å². The zero-order chi connectivity index (χ0) is 16.2. The summed E-state index contributed by atoms with van der Waals surface area (Å²) in [6.45, 7) is 7.85. The third-order valence-corrected chi connectivity index (χ3v) is 4.64. The third-order valence-electron chi connectivity index (χ3n) is 2.60. The number of carbonyl (C=O) groups excluding carboxylic acids is 1. The van der Waals surface area contributed by atoms with Crippen molar-refractivity contribution in [2.24, 2.45) is 0 Å². The maximum Gasteiger partial charge on any atom is 0.321 e. The molecule has 0 spiro atoms. The number of benzene rings is 1. The van der Waals surface area contributed by atoms with Crippen LogP contribution in [-0.2, 0) is 5.75 Å². The normalized spacial score (nSPS) is 11.3. The minimum Gasteiger partial charge on any atom is -0.333 e. The number of aryl methyl sites for hydroxylation is 1. The fraction of sp³-hybridized carbons (Fsp3) is 0.400. The monoisotopic (exact) mass is 336 g/mol. The highest BCUT2D eigenvalue weighted by Gasteiger charge is 2.15. The van der Waals surface area contributed by atoms with Gasteiger partial charge in [-0.3, -0.25) is 5.32 Å². The molecule has 0 atom stereocenters. The van der Waals surface area contributed by atoms with E-state index in [1.807, 2.05) is 20.8 Å². The van der Waals surface area contributed by atoms with Crippen LogP contribution in [0.3, 0.4) is 0 Å². The molecule has 1 aromatic carbocycles. The summed E-state index contributed by atoms with van der Waals surface area (Å²) in [4.78, 5) is 11.8. The summed E-state index contributed by atoms with van der Waals surface area (Å²) in [6, 6.07) is 8.15. The topological polar surface area (TPSA) is 66.9 Å². The van der Waals surface area contributed by atoms with E-state index in [4.69, 9.17) is 0 Å². The molecule has 118 valence electrons. The number of amides is 2. The Bertz CT molecular complexity index is 632.